The second-order valence-electron chi connectivity index (χ2n) is 6.32. The number of ether oxygens (including phenoxy) is 1. The van der Waals surface area contributed by atoms with Gasteiger partial charge in [-0.2, -0.15) is 0 Å². The fraction of sp³-hybridized carbons (Fsp3) is 0.611. The third-order valence-electron chi connectivity index (χ3n) is 4.43. The molecule has 2 N–H and O–H groups in total. The molecule has 0 amide bonds. The lowest BCUT2D eigenvalue weighted by Crippen LogP contribution is -2.42. The second kappa shape index (κ2) is 8.30. The Balaban J connectivity index is 1.70. The van der Waals surface area contributed by atoms with Crippen LogP contribution in [0.15, 0.2) is 24.3 Å². The van der Waals surface area contributed by atoms with E-state index in [1.165, 1.54) is 32.6 Å². The number of carbonyl (C=O) groups excluding carboxylic acids is 1. The first-order valence-electron chi connectivity index (χ1n) is 8.21. The molecular formula is C18H27NO3. The molecule has 0 aliphatic heterocycles. The molecule has 0 bridgehead atoms. The Bertz CT molecular complexity index is 472. The molecule has 1 saturated carbocycles. The summed E-state index contributed by atoms with van der Waals surface area (Å²) in [6.07, 6.45) is 4.54. The van der Waals surface area contributed by atoms with E-state index in [-0.39, 0.29) is 12.4 Å². The molecule has 0 saturated heterocycles. The smallest absolute Gasteiger partial charge is 0.159 e. The van der Waals surface area contributed by atoms with Crippen LogP contribution in [0.2, 0.25) is 0 Å². The summed E-state index contributed by atoms with van der Waals surface area (Å²) in [4.78, 5) is 11.2. The number of hydrogen-bond donors (Lipinski definition) is 2. The van der Waals surface area contributed by atoms with Crippen LogP contribution in [0.4, 0.5) is 0 Å². The monoisotopic (exact) mass is 305 g/mol. The van der Waals surface area contributed by atoms with Gasteiger partial charge >= 0.3 is 0 Å². The lowest BCUT2D eigenvalue weighted by molar-refractivity contribution is 0.0982. The van der Waals surface area contributed by atoms with Crippen LogP contribution < -0.4 is 10.1 Å². The summed E-state index contributed by atoms with van der Waals surface area (Å²) in [5, 5.41) is 13.5. The van der Waals surface area contributed by atoms with E-state index >= 15 is 0 Å². The van der Waals surface area contributed by atoms with Gasteiger partial charge in [-0.1, -0.05) is 19.8 Å². The lowest BCUT2D eigenvalue weighted by Gasteiger charge is -2.30. The van der Waals surface area contributed by atoms with E-state index < -0.39 is 6.10 Å². The largest absolute Gasteiger partial charge is 0.491 e. The average molecular weight is 305 g/mol. The standard InChI is InChI=1S/C18H27NO3/c1-13-5-3-4-6-18(13)19-11-16(21)12-22-17-9-7-15(8-10-17)14(2)20/h7-10,13,16,18-19,21H,3-6,11-12H2,1-2H3/t13-,16-,18+/m0/s1. The summed E-state index contributed by atoms with van der Waals surface area (Å²) >= 11 is 0. The zero-order chi connectivity index (χ0) is 15.9. The van der Waals surface area contributed by atoms with Crippen molar-refractivity contribution < 1.29 is 14.6 Å². The van der Waals surface area contributed by atoms with Gasteiger partial charge in [0.15, 0.2) is 5.78 Å². The van der Waals surface area contributed by atoms with Gasteiger partial charge in [-0.05, 0) is 49.9 Å². The van der Waals surface area contributed by atoms with Crippen molar-refractivity contribution in [1.29, 1.82) is 0 Å². The van der Waals surface area contributed by atoms with Gasteiger partial charge < -0.3 is 15.2 Å². The molecule has 22 heavy (non-hydrogen) atoms. The summed E-state index contributed by atoms with van der Waals surface area (Å²) in [6, 6.07) is 7.52. The maximum Gasteiger partial charge on any atom is 0.159 e. The summed E-state index contributed by atoms with van der Waals surface area (Å²) in [5.74, 6) is 1.40. The van der Waals surface area contributed by atoms with Crippen molar-refractivity contribution in [1.82, 2.24) is 5.32 Å². The molecule has 1 aromatic carbocycles. The number of carbonyl (C=O) groups is 1. The molecule has 122 valence electrons. The summed E-state index contributed by atoms with van der Waals surface area (Å²) in [7, 11) is 0. The van der Waals surface area contributed by atoms with Crippen molar-refractivity contribution in [2.45, 2.75) is 51.7 Å². The highest BCUT2D eigenvalue weighted by atomic mass is 16.5. The molecule has 4 heteroatoms. The predicted molar refractivity (Wildman–Crippen MR) is 87.4 cm³/mol. The minimum Gasteiger partial charge on any atom is -0.491 e. The number of benzene rings is 1. The van der Waals surface area contributed by atoms with Crippen LogP contribution in [0.5, 0.6) is 5.75 Å². The van der Waals surface area contributed by atoms with Crippen molar-refractivity contribution in [3.05, 3.63) is 29.8 Å². The molecule has 1 aliphatic rings. The number of rotatable bonds is 7. The number of aliphatic hydroxyl groups excluding tert-OH is 1. The van der Waals surface area contributed by atoms with Crippen molar-refractivity contribution in [3.8, 4) is 5.75 Å². The Morgan fingerprint density at radius 3 is 2.64 bits per heavy atom. The fourth-order valence-corrected chi connectivity index (χ4v) is 2.94. The Hall–Kier alpha value is -1.39. The average Bonchev–Trinajstić information content (AvgIpc) is 2.52. The fourth-order valence-electron chi connectivity index (χ4n) is 2.94. The number of nitrogens with one attached hydrogen (secondary N) is 1. The Morgan fingerprint density at radius 1 is 1.32 bits per heavy atom. The van der Waals surface area contributed by atoms with Crippen LogP contribution in [0, 0.1) is 5.92 Å². The highest BCUT2D eigenvalue weighted by Gasteiger charge is 2.21. The van der Waals surface area contributed by atoms with Crippen LogP contribution in [0.25, 0.3) is 0 Å². The van der Waals surface area contributed by atoms with Gasteiger partial charge in [0, 0.05) is 18.2 Å². The van der Waals surface area contributed by atoms with Crippen molar-refractivity contribution >= 4 is 5.78 Å². The molecule has 0 aromatic heterocycles. The molecule has 0 heterocycles. The van der Waals surface area contributed by atoms with Crippen LogP contribution in [-0.4, -0.2) is 36.2 Å². The molecule has 2 rings (SSSR count). The highest BCUT2D eigenvalue weighted by molar-refractivity contribution is 5.94. The van der Waals surface area contributed by atoms with Gasteiger partial charge in [0.05, 0.1) is 0 Å². The number of hydrogen-bond acceptors (Lipinski definition) is 4. The third kappa shape index (κ3) is 5.11. The van der Waals surface area contributed by atoms with Crippen LogP contribution >= 0.6 is 0 Å². The van der Waals surface area contributed by atoms with Crippen molar-refractivity contribution in [3.63, 3.8) is 0 Å². The molecule has 1 aromatic rings. The van der Waals surface area contributed by atoms with Gasteiger partial charge in [0.2, 0.25) is 0 Å². The Kier molecular flexibility index (Phi) is 6.40. The van der Waals surface area contributed by atoms with E-state index in [1.54, 1.807) is 24.3 Å². The third-order valence-corrected chi connectivity index (χ3v) is 4.43. The van der Waals surface area contributed by atoms with Gasteiger partial charge in [-0.15, -0.1) is 0 Å². The highest BCUT2D eigenvalue weighted by Crippen LogP contribution is 2.23. The Morgan fingerprint density at radius 2 is 2.00 bits per heavy atom. The summed E-state index contributed by atoms with van der Waals surface area (Å²) < 4.78 is 5.57. The molecule has 0 unspecified atom stereocenters. The topological polar surface area (TPSA) is 58.6 Å². The normalized spacial score (nSPS) is 23.0. The van der Waals surface area contributed by atoms with Crippen molar-refractivity contribution in [2.24, 2.45) is 5.92 Å². The van der Waals surface area contributed by atoms with E-state index in [9.17, 15) is 9.90 Å². The maximum atomic E-state index is 11.2. The minimum atomic E-state index is -0.526. The number of Topliss-reactive ketones (excluding diaryl/α,β-unsaturated/α-hetero) is 1. The van der Waals surface area contributed by atoms with E-state index in [4.69, 9.17) is 4.74 Å². The van der Waals surface area contributed by atoms with E-state index in [2.05, 4.69) is 12.2 Å². The van der Waals surface area contributed by atoms with Crippen molar-refractivity contribution in [2.75, 3.05) is 13.2 Å². The molecule has 3 atom stereocenters. The molecule has 1 aliphatic carbocycles. The minimum absolute atomic E-state index is 0.0392. The predicted octanol–water partition coefficient (Wildman–Crippen LogP) is 2.80. The number of ketones is 1. The maximum absolute atomic E-state index is 11.2. The van der Waals surface area contributed by atoms with Gasteiger partial charge in [0.25, 0.3) is 0 Å². The van der Waals surface area contributed by atoms with E-state index in [0.717, 1.165) is 0 Å². The van der Waals surface area contributed by atoms with E-state index in [1.807, 2.05) is 0 Å². The first-order chi connectivity index (χ1) is 10.6. The zero-order valence-electron chi connectivity index (χ0n) is 13.5. The zero-order valence-corrected chi connectivity index (χ0v) is 13.5. The summed E-state index contributed by atoms with van der Waals surface area (Å²) in [5.41, 5.74) is 0.667. The van der Waals surface area contributed by atoms with Crippen LogP contribution in [-0.2, 0) is 0 Å². The van der Waals surface area contributed by atoms with E-state index in [0.29, 0.717) is 29.8 Å². The Labute approximate surface area is 132 Å². The lowest BCUT2D eigenvalue weighted by atomic mass is 9.86. The molecule has 0 radical (unpaired) electrons. The van der Waals surface area contributed by atoms with Crippen LogP contribution in [0.3, 0.4) is 0 Å². The first-order valence-corrected chi connectivity index (χ1v) is 8.21. The SMILES string of the molecule is CC(=O)c1ccc(OC[C@@H](O)CN[C@@H]2CCCC[C@@H]2C)cc1. The molecule has 4 nitrogen and oxygen atoms in total. The quantitative estimate of drug-likeness (QED) is 0.761. The molecule has 1 fully saturated rings. The van der Waals surface area contributed by atoms with Gasteiger partial charge in [-0.25, -0.2) is 0 Å². The van der Waals surface area contributed by atoms with Gasteiger partial charge in [0.1, 0.15) is 18.5 Å². The first kappa shape index (κ1) is 17.0. The number of aliphatic hydroxyl groups is 1. The van der Waals surface area contributed by atoms with Crippen LogP contribution in [0.1, 0.15) is 49.9 Å². The van der Waals surface area contributed by atoms with Gasteiger partial charge in [-0.3, -0.25) is 4.79 Å². The summed E-state index contributed by atoms with van der Waals surface area (Å²) in [6.45, 7) is 4.63. The second-order valence-corrected chi connectivity index (χ2v) is 6.32. The molecule has 0 spiro atoms. The molecular weight excluding hydrogens is 278 g/mol.